The molecule has 3 aromatic carbocycles. The molecular weight excluding hydrogens is 558 g/mol. The van der Waals surface area contributed by atoms with Crippen LogP contribution in [0.15, 0.2) is 76.7 Å². The van der Waals surface area contributed by atoms with Gasteiger partial charge in [0.15, 0.2) is 0 Å². The molecule has 1 aromatic heterocycles. The number of hydrogen-bond acceptors (Lipinski definition) is 8. The van der Waals surface area contributed by atoms with Crippen LogP contribution in [0.5, 0.6) is 0 Å². The van der Waals surface area contributed by atoms with Gasteiger partial charge in [-0.1, -0.05) is 17.7 Å². The molecule has 0 atom stereocenters. The highest BCUT2D eigenvalue weighted by Crippen LogP contribution is 2.29. The van der Waals surface area contributed by atoms with Crippen molar-refractivity contribution in [2.75, 3.05) is 16.8 Å². The number of aryl methyl sites for hydroxylation is 3. The number of sulfonamides is 1. The summed E-state index contributed by atoms with van der Waals surface area (Å²) in [6, 6.07) is 17.8. The molecule has 0 aliphatic rings. The Hall–Kier alpha value is -4.97. The summed E-state index contributed by atoms with van der Waals surface area (Å²) in [7, 11) is -4.08. The van der Waals surface area contributed by atoms with E-state index in [2.05, 4.69) is 15.2 Å². The van der Waals surface area contributed by atoms with Gasteiger partial charge in [0.2, 0.25) is 0 Å². The van der Waals surface area contributed by atoms with Gasteiger partial charge in [0.1, 0.15) is 5.69 Å². The molecule has 0 bridgehead atoms. The van der Waals surface area contributed by atoms with Crippen LogP contribution in [0, 0.1) is 37.8 Å². The van der Waals surface area contributed by atoms with Gasteiger partial charge in [-0.25, -0.2) is 13.2 Å². The van der Waals surface area contributed by atoms with E-state index in [9.17, 15) is 23.3 Å². The maximum absolute atomic E-state index is 13.0. The summed E-state index contributed by atoms with van der Waals surface area (Å²) in [6.45, 7) is 9.54. The molecule has 0 radical (unpaired) electrons. The number of carbonyl (C=O) groups is 1. The zero-order valence-corrected chi connectivity index (χ0v) is 24.7. The molecule has 0 amide bonds. The molecule has 42 heavy (non-hydrogen) atoms. The van der Waals surface area contributed by atoms with E-state index in [1.807, 2.05) is 49.6 Å². The molecular formula is C30H31N5O6S. The minimum atomic E-state index is -4.08. The zero-order chi connectivity index (χ0) is 30.6. The van der Waals surface area contributed by atoms with Crippen molar-refractivity contribution in [1.82, 2.24) is 4.57 Å². The number of hydrogen-bond donors (Lipinski definition) is 2. The van der Waals surface area contributed by atoms with Gasteiger partial charge >= 0.3 is 5.97 Å². The smallest absolute Gasteiger partial charge is 0.338 e. The third-order valence-electron chi connectivity index (χ3n) is 6.60. The molecule has 0 unspecified atom stereocenters. The lowest BCUT2D eigenvalue weighted by atomic mass is 10.1. The summed E-state index contributed by atoms with van der Waals surface area (Å²) in [5.41, 5.74) is 8.18. The lowest BCUT2D eigenvalue weighted by Gasteiger charge is -2.12. The molecule has 0 fully saturated rings. The van der Waals surface area contributed by atoms with Crippen LogP contribution in [0.2, 0.25) is 0 Å². The summed E-state index contributed by atoms with van der Waals surface area (Å²) in [5.74, 6) is -0.388. The van der Waals surface area contributed by atoms with Crippen LogP contribution in [0.4, 0.5) is 17.1 Å². The van der Waals surface area contributed by atoms with Gasteiger partial charge in [-0.2, -0.15) is 5.10 Å². The molecule has 0 aliphatic carbocycles. The highest BCUT2D eigenvalue weighted by Gasteiger charge is 2.22. The van der Waals surface area contributed by atoms with Crippen LogP contribution in [0.25, 0.3) is 5.69 Å². The Morgan fingerprint density at radius 3 is 2.33 bits per heavy atom. The highest BCUT2D eigenvalue weighted by molar-refractivity contribution is 7.92. The molecule has 4 aromatic rings. The molecule has 0 saturated carbocycles. The van der Waals surface area contributed by atoms with E-state index in [1.54, 1.807) is 38.1 Å². The number of benzene rings is 3. The van der Waals surface area contributed by atoms with Crippen LogP contribution in [0.3, 0.4) is 0 Å². The number of hydrazone groups is 1. The average Bonchev–Trinajstić information content (AvgIpc) is 3.22. The Bertz CT molecular complexity index is 1790. The summed E-state index contributed by atoms with van der Waals surface area (Å²) in [4.78, 5) is 22.9. The van der Waals surface area contributed by atoms with Gasteiger partial charge < -0.3 is 9.30 Å². The third-order valence-corrected chi connectivity index (χ3v) is 7.96. The van der Waals surface area contributed by atoms with Crippen molar-refractivity contribution < 1.29 is 22.9 Å². The Kier molecular flexibility index (Phi) is 8.76. The predicted octanol–water partition coefficient (Wildman–Crippen LogP) is 6.04. The van der Waals surface area contributed by atoms with Crippen LogP contribution < -0.4 is 10.1 Å². The van der Waals surface area contributed by atoms with Crippen LogP contribution in [-0.4, -0.2) is 36.7 Å². The maximum Gasteiger partial charge on any atom is 0.338 e. The summed E-state index contributed by atoms with van der Waals surface area (Å²) in [5, 5.41) is 16.0. The Morgan fingerprint density at radius 2 is 1.69 bits per heavy atom. The van der Waals surface area contributed by atoms with Gasteiger partial charge in [-0.05, 0) is 88.7 Å². The minimum absolute atomic E-state index is 0.0325. The topological polar surface area (TPSA) is 145 Å². The van der Waals surface area contributed by atoms with Crippen molar-refractivity contribution in [3.63, 3.8) is 0 Å². The average molecular weight is 590 g/mol. The second-order valence-corrected chi connectivity index (χ2v) is 11.3. The molecule has 4 rings (SSSR count). The summed E-state index contributed by atoms with van der Waals surface area (Å²) in [6.07, 6.45) is 1.53. The molecule has 0 aliphatic heterocycles. The molecule has 0 spiro atoms. The molecule has 0 saturated heterocycles. The van der Waals surface area contributed by atoms with Gasteiger partial charge in [0.25, 0.3) is 15.7 Å². The summed E-state index contributed by atoms with van der Waals surface area (Å²) < 4.78 is 35.5. The first-order valence-corrected chi connectivity index (χ1v) is 14.5. The van der Waals surface area contributed by atoms with E-state index in [0.717, 1.165) is 39.8 Å². The zero-order valence-electron chi connectivity index (χ0n) is 23.8. The number of nitrogens with one attached hydrogen (secondary N) is 2. The maximum atomic E-state index is 13.0. The van der Waals surface area contributed by atoms with Crippen molar-refractivity contribution in [3.05, 3.63) is 110 Å². The normalized spacial score (nSPS) is 11.5. The fourth-order valence-corrected chi connectivity index (χ4v) is 5.65. The molecule has 12 heteroatoms. The predicted molar refractivity (Wildman–Crippen MR) is 162 cm³/mol. The molecule has 2 N–H and O–H groups in total. The fraction of sp³-hybridized carbons (Fsp3) is 0.200. The van der Waals surface area contributed by atoms with Crippen molar-refractivity contribution in [1.29, 1.82) is 0 Å². The standard InChI is InChI=1S/C30H31N5O6S/c1-6-41-30(36)23-8-10-25(11-9-23)34-21(4)16-24(22(34)5)18-31-32-28-14-12-26(17-29(28)35(37)38)42(39,40)33-27-13-7-19(2)15-20(27)3/h7-18,32-33H,6H2,1-5H3/b31-18+. The van der Waals surface area contributed by atoms with Crippen molar-refractivity contribution >= 4 is 39.3 Å². The van der Waals surface area contributed by atoms with Gasteiger partial charge in [-0.15, -0.1) is 0 Å². The van der Waals surface area contributed by atoms with Crippen molar-refractivity contribution in [2.24, 2.45) is 5.10 Å². The SMILES string of the molecule is CCOC(=O)c1ccc(-n2c(C)cc(/C=N/Nc3ccc(S(=O)(=O)Nc4ccc(C)cc4C)cc3[N+](=O)[O-])c2C)cc1. The Labute approximate surface area is 244 Å². The first-order chi connectivity index (χ1) is 19.9. The highest BCUT2D eigenvalue weighted by atomic mass is 32.2. The monoisotopic (exact) mass is 589 g/mol. The number of ether oxygens (including phenoxy) is 1. The van der Waals surface area contributed by atoms with Gasteiger partial charge in [0, 0.05) is 28.7 Å². The minimum Gasteiger partial charge on any atom is -0.462 e. The second kappa shape index (κ2) is 12.3. The van der Waals surface area contributed by atoms with Crippen molar-refractivity contribution in [2.45, 2.75) is 39.5 Å². The summed E-state index contributed by atoms with van der Waals surface area (Å²) >= 11 is 0. The van der Waals surface area contributed by atoms with Crippen LogP contribution in [-0.2, 0) is 14.8 Å². The number of rotatable bonds is 10. The van der Waals surface area contributed by atoms with E-state index >= 15 is 0 Å². The number of nitro groups is 1. The van der Waals surface area contributed by atoms with Crippen LogP contribution in [0.1, 0.15) is 45.4 Å². The number of carbonyl (C=O) groups excluding carboxylic acids is 1. The fourth-order valence-electron chi connectivity index (χ4n) is 4.50. The van der Waals surface area contributed by atoms with E-state index in [-0.39, 0.29) is 16.6 Å². The van der Waals surface area contributed by atoms with E-state index < -0.39 is 20.6 Å². The molecule has 11 nitrogen and oxygen atoms in total. The van der Waals surface area contributed by atoms with E-state index in [0.29, 0.717) is 17.9 Å². The first kappa shape index (κ1) is 30.0. The quantitative estimate of drug-likeness (QED) is 0.0992. The largest absolute Gasteiger partial charge is 0.462 e. The van der Waals surface area contributed by atoms with Crippen molar-refractivity contribution in [3.8, 4) is 5.69 Å². The van der Waals surface area contributed by atoms with Gasteiger partial charge in [-0.3, -0.25) is 20.3 Å². The lowest BCUT2D eigenvalue weighted by Crippen LogP contribution is -2.14. The number of anilines is 2. The number of nitrogens with zero attached hydrogens (tertiary/aromatic N) is 3. The number of aromatic nitrogens is 1. The van der Waals surface area contributed by atoms with E-state index in [1.165, 1.54) is 18.3 Å². The molecule has 218 valence electrons. The second-order valence-electron chi connectivity index (χ2n) is 9.66. The number of esters is 1. The third kappa shape index (κ3) is 6.50. The van der Waals surface area contributed by atoms with Crippen LogP contribution >= 0.6 is 0 Å². The first-order valence-electron chi connectivity index (χ1n) is 13.1. The van der Waals surface area contributed by atoms with Gasteiger partial charge in [0.05, 0.1) is 33.9 Å². The Balaban J connectivity index is 1.54. The van der Waals surface area contributed by atoms with E-state index in [4.69, 9.17) is 4.74 Å². The number of nitro benzene ring substituents is 1. The molecule has 1 heterocycles. The lowest BCUT2D eigenvalue weighted by molar-refractivity contribution is -0.384. The Morgan fingerprint density at radius 1 is 1.00 bits per heavy atom.